The summed E-state index contributed by atoms with van der Waals surface area (Å²) in [7, 11) is 0. The van der Waals surface area contributed by atoms with Crippen LogP contribution in [0.25, 0.3) is 5.69 Å². The first-order valence-corrected chi connectivity index (χ1v) is 5.79. The van der Waals surface area contributed by atoms with Gasteiger partial charge in [-0.3, -0.25) is 14.9 Å². The third-order valence-corrected chi connectivity index (χ3v) is 2.61. The van der Waals surface area contributed by atoms with Gasteiger partial charge in [-0.1, -0.05) is 0 Å². The highest BCUT2D eigenvalue weighted by Crippen LogP contribution is 2.24. The fourth-order valence-corrected chi connectivity index (χ4v) is 1.70. The van der Waals surface area contributed by atoms with Gasteiger partial charge in [0.15, 0.2) is 0 Å². The van der Waals surface area contributed by atoms with Crippen molar-refractivity contribution in [2.45, 2.75) is 0 Å². The van der Waals surface area contributed by atoms with E-state index < -0.39 is 10.8 Å². The maximum atomic E-state index is 11.7. The first-order valence-electron chi connectivity index (χ1n) is 5.79. The average Bonchev–Trinajstić information content (AvgIpc) is 2.98. The van der Waals surface area contributed by atoms with Crippen LogP contribution in [-0.2, 0) is 0 Å². The van der Waals surface area contributed by atoms with Crippen LogP contribution in [0.3, 0.4) is 0 Å². The molecule has 0 saturated heterocycles. The number of aliphatic hydroxyl groups excluding tert-OH is 1. The maximum Gasteiger partial charge on any atom is 0.294 e. The lowest BCUT2D eigenvalue weighted by Gasteiger charge is -2.07. The van der Waals surface area contributed by atoms with Gasteiger partial charge in [0, 0.05) is 30.6 Å². The Kier molecular flexibility index (Phi) is 4.06. The van der Waals surface area contributed by atoms with E-state index in [0.29, 0.717) is 5.69 Å². The predicted octanol–water partition coefficient (Wildman–Crippen LogP) is 0.503. The summed E-state index contributed by atoms with van der Waals surface area (Å²) in [5.41, 5.74) is 0.292. The Morgan fingerprint density at radius 1 is 1.50 bits per heavy atom. The molecule has 0 radical (unpaired) electrons. The molecule has 104 valence electrons. The van der Waals surface area contributed by atoms with Crippen molar-refractivity contribution in [2.75, 3.05) is 13.2 Å². The highest BCUT2D eigenvalue weighted by atomic mass is 16.6. The van der Waals surface area contributed by atoms with E-state index in [9.17, 15) is 14.9 Å². The Morgan fingerprint density at radius 2 is 2.30 bits per heavy atom. The second-order valence-electron chi connectivity index (χ2n) is 3.91. The van der Waals surface area contributed by atoms with E-state index in [4.69, 9.17) is 5.11 Å². The summed E-state index contributed by atoms with van der Waals surface area (Å²) in [6, 6.07) is 4.16. The zero-order valence-corrected chi connectivity index (χ0v) is 10.4. The fourth-order valence-electron chi connectivity index (χ4n) is 1.70. The number of rotatable bonds is 5. The van der Waals surface area contributed by atoms with Gasteiger partial charge in [-0.25, -0.2) is 4.98 Å². The number of carbonyl (C=O) groups excluding carboxylic acids is 1. The van der Waals surface area contributed by atoms with Crippen LogP contribution in [0.4, 0.5) is 5.69 Å². The Morgan fingerprint density at radius 3 is 2.90 bits per heavy atom. The number of nitro groups is 1. The SMILES string of the molecule is O=C(NCCO)c1ccc(-n2ccnc2)c([N+](=O)[O-])c1. The van der Waals surface area contributed by atoms with Crippen molar-refractivity contribution in [1.29, 1.82) is 0 Å². The zero-order chi connectivity index (χ0) is 14.5. The Bertz CT molecular complexity index is 624. The van der Waals surface area contributed by atoms with Crippen LogP contribution in [0.5, 0.6) is 0 Å². The quantitative estimate of drug-likeness (QED) is 0.610. The Hall–Kier alpha value is -2.74. The summed E-state index contributed by atoms with van der Waals surface area (Å²) >= 11 is 0. The average molecular weight is 276 g/mol. The van der Waals surface area contributed by atoms with Gasteiger partial charge in [0.05, 0.1) is 17.9 Å². The first kappa shape index (κ1) is 13.7. The minimum Gasteiger partial charge on any atom is -0.395 e. The number of nitro benzene ring substituents is 1. The molecule has 0 saturated carbocycles. The summed E-state index contributed by atoms with van der Waals surface area (Å²) in [6.45, 7) is -0.100. The van der Waals surface area contributed by atoms with E-state index in [-0.39, 0.29) is 24.4 Å². The fraction of sp³-hybridized carbons (Fsp3) is 0.167. The van der Waals surface area contributed by atoms with E-state index in [0.717, 1.165) is 0 Å². The molecule has 1 aromatic carbocycles. The van der Waals surface area contributed by atoms with Gasteiger partial charge in [0.25, 0.3) is 11.6 Å². The number of hydrogen-bond donors (Lipinski definition) is 2. The molecule has 0 fully saturated rings. The lowest BCUT2D eigenvalue weighted by Crippen LogP contribution is -2.26. The second kappa shape index (κ2) is 5.93. The lowest BCUT2D eigenvalue weighted by atomic mass is 10.1. The molecule has 2 aromatic rings. The van der Waals surface area contributed by atoms with E-state index in [1.807, 2.05) is 0 Å². The molecule has 1 aromatic heterocycles. The van der Waals surface area contributed by atoms with Crippen LogP contribution in [-0.4, -0.2) is 38.6 Å². The third-order valence-electron chi connectivity index (χ3n) is 2.61. The van der Waals surface area contributed by atoms with Crippen molar-refractivity contribution in [1.82, 2.24) is 14.9 Å². The number of amides is 1. The smallest absolute Gasteiger partial charge is 0.294 e. The van der Waals surface area contributed by atoms with E-state index in [2.05, 4.69) is 10.3 Å². The summed E-state index contributed by atoms with van der Waals surface area (Å²) in [4.78, 5) is 26.1. The predicted molar refractivity (Wildman–Crippen MR) is 69.6 cm³/mol. The van der Waals surface area contributed by atoms with Gasteiger partial charge >= 0.3 is 0 Å². The minimum absolute atomic E-state index is 0.0932. The molecule has 0 bridgehead atoms. The molecule has 0 unspecified atom stereocenters. The first-order chi connectivity index (χ1) is 9.63. The molecule has 1 amide bonds. The molecule has 0 atom stereocenters. The van der Waals surface area contributed by atoms with Gasteiger partial charge in [-0.2, -0.15) is 0 Å². The summed E-state index contributed by atoms with van der Waals surface area (Å²) in [6.07, 6.45) is 4.52. The lowest BCUT2D eigenvalue weighted by molar-refractivity contribution is -0.384. The summed E-state index contributed by atoms with van der Waals surface area (Å²) in [5, 5.41) is 22.2. The number of nitrogens with one attached hydrogen (secondary N) is 1. The molecule has 1 heterocycles. The monoisotopic (exact) mass is 276 g/mol. The maximum absolute atomic E-state index is 11.7. The van der Waals surface area contributed by atoms with Crippen molar-refractivity contribution >= 4 is 11.6 Å². The van der Waals surface area contributed by atoms with Crippen LogP contribution >= 0.6 is 0 Å². The van der Waals surface area contributed by atoms with Gasteiger partial charge in [-0.15, -0.1) is 0 Å². The molecule has 8 nitrogen and oxygen atoms in total. The number of carbonyl (C=O) groups is 1. The second-order valence-corrected chi connectivity index (χ2v) is 3.91. The van der Waals surface area contributed by atoms with Gasteiger partial charge < -0.3 is 15.0 Å². The van der Waals surface area contributed by atoms with E-state index in [1.54, 1.807) is 6.20 Å². The van der Waals surface area contributed by atoms with Gasteiger partial charge in [0.2, 0.25) is 0 Å². The number of hydrogen-bond acceptors (Lipinski definition) is 5. The van der Waals surface area contributed by atoms with Crippen LogP contribution in [0.15, 0.2) is 36.9 Å². The number of imidazole rings is 1. The molecule has 2 rings (SSSR count). The minimum atomic E-state index is -0.557. The molecule has 0 aliphatic heterocycles. The van der Waals surface area contributed by atoms with Crippen molar-refractivity contribution in [3.63, 3.8) is 0 Å². The number of benzene rings is 1. The van der Waals surface area contributed by atoms with E-state index in [1.165, 1.54) is 35.3 Å². The Balaban J connectivity index is 2.38. The van der Waals surface area contributed by atoms with Crippen molar-refractivity contribution in [3.8, 4) is 5.69 Å². The number of aromatic nitrogens is 2. The van der Waals surface area contributed by atoms with Crippen LogP contribution in [0, 0.1) is 10.1 Å². The van der Waals surface area contributed by atoms with Crippen LogP contribution in [0.2, 0.25) is 0 Å². The van der Waals surface area contributed by atoms with Gasteiger partial charge in [0.1, 0.15) is 5.69 Å². The van der Waals surface area contributed by atoms with Crippen molar-refractivity contribution in [3.05, 3.63) is 52.6 Å². The number of aliphatic hydroxyl groups is 1. The van der Waals surface area contributed by atoms with Crippen molar-refractivity contribution < 1.29 is 14.8 Å². The zero-order valence-electron chi connectivity index (χ0n) is 10.4. The van der Waals surface area contributed by atoms with Crippen LogP contribution in [0.1, 0.15) is 10.4 Å². The topological polar surface area (TPSA) is 110 Å². The molecule has 2 N–H and O–H groups in total. The van der Waals surface area contributed by atoms with Gasteiger partial charge in [-0.05, 0) is 12.1 Å². The Labute approximate surface area is 113 Å². The molecule has 0 aliphatic carbocycles. The highest BCUT2D eigenvalue weighted by molar-refractivity contribution is 5.95. The van der Waals surface area contributed by atoms with E-state index >= 15 is 0 Å². The van der Waals surface area contributed by atoms with Crippen LogP contribution < -0.4 is 5.32 Å². The summed E-state index contributed by atoms with van der Waals surface area (Å²) < 4.78 is 1.49. The van der Waals surface area contributed by atoms with Crippen molar-refractivity contribution in [2.24, 2.45) is 0 Å². The molecule has 0 spiro atoms. The normalized spacial score (nSPS) is 10.2. The molecular formula is C12H12N4O4. The summed E-state index contributed by atoms with van der Waals surface area (Å²) in [5.74, 6) is -0.473. The molecular weight excluding hydrogens is 264 g/mol. The molecule has 8 heteroatoms. The number of nitrogens with zero attached hydrogens (tertiary/aromatic N) is 3. The third kappa shape index (κ3) is 2.81. The molecule has 0 aliphatic rings. The molecule has 20 heavy (non-hydrogen) atoms. The largest absolute Gasteiger partial charge is 0.395 e. The standard InChI is InChI=1S/C12H12N4O4/c17-6-4-14-12(18)9-1-2-10(11(7-9)16(19)20)15-5-3-13-8-15/h1-3,5,7-8,17H,4,6H2,(H,14,18). The highest BCUT2D eigenvalue weighted by Gasteiger charge is 2.18.